The van der Waals surface area contributed by atoms with E-state index in [0.29, 0.717) is 18.2 Å². The molecule has 0 saturated heterocycles. The second-order valence-electron chi connectivity index (χ2n) is 4.78. The summed E-state index contributed by atoms with van der Waals surface area (Å²) >= 11 is 0. The molecule has 6 nitrogen and oxygen atoms in total. The van der Waals surface area contributed by atoms with Crippen LogP contribution in [0.15, 0.2) is 12.1 Å². The third-order valence-electron chi connectivity index (χ3n) is 3.37. The first-order chi connectivity index (χ1) is 8.94. The van der Waals surface area contributed by atoms with Gasteiger partial charge in [-0.3, -0.25) is 10.1 Å². The molecule has 0 fully saturated rings. The van der Waals surface area contributed by atoms with Gasteiger partial charge in [-0.2, -0.15) is 0 Å². The zero-order chi connectivity index (χ0) is 14.5. The molecule has 0 aliphatic carbocycles. The van der Waals surface area contributed by atoms with Crippen molar-refractivity contribution in [3.8, 4) is 0 Å². The van der Waals surface area contributed by atoms with Crippen LogP contribution < -0.4 is 10.6 Å². The van der Waals surface area contributed by atoms with Crippen molar-refractivity contribution in [1.82, 2.24) is 4.98 Å². The first kappa shape index (κ1) is 15.2. The maximum atomic E-state index is 10.9. The fraction of sp³-hybridized carbons (Fsp3) is 0.615. The molecule has 19 heavy (non-hydrogen) atoms. The van der Waals surface area contributed by atoms with Gasteiger partial charge < -0.3 is 10.6 Å². The second-order valence-corrected chi connectivity index (χ2v) is 4.78. The number of nitrogens with one attached hydrogen (secondary N) is 2. The number of hydrogen-bond acceptors (Lipinski definition) is 5. The van der Waals surface area contributed by atoms with Crippen molar-refractivity contribution in [1.29, 1.82) is 0 Å². The Hall–Kier alpha value is -1.85. The van der Waals surface area contributed by atoms with E-state index in [0.717, 1.165) is 12.8 Å². The molecule has 0 spiro atoms. The summed E-state index contributed by atoms with van der Waals surface area (Å²) in [7, 11) is 0. The Morgan fingerprint density at radius 1 is 1.26 bits per heavy atom. The lowest BCUT2D eigenvalue weighted by Gasteiger charge is -2.29. The van der Waals surface area contributed by atoms with Crippen LogP contribution in [-0.4, -0.2) is 22.0 Å². The fourth-order valence-electron chi connectivity index (χ4n) is 1.69. The lowest BCUT2D eigenvalue weighted by molar-refractivity contribution is -0.384. The van der Waals surface area contributed by atoms with Crippen molar-refractivity contribution in [2.75, 3.05) is 17.2 Å². The van der Waals surface area contributed by atoms with Crippen molar-refractivity contribution in [3.63, 3.8) is 0 Å². The number of aromatic nitrogens is 1. The molecule has 0 aromatic carbocycles. The van der Waals surface area contributed by atoms with Crippen LogP contribution in [0.5, 0.6) is 0 Å². The van der Waals surface area contributed by atoms with Crippen LogP contribution in [0.2, 0.25) is 0 Å². The largest absolute Gasteiger partial charge is 0.370 e. The third-order valence-corrected chi connectivity index (χ3v) is 3.37. The summed E-state index contributed by atoms with van der Waals surface area (Å²) in [5.41, 5.74) is -0.0610. The second kappa shape index (κ2) is 6.36. The number of nitrogens with zero attached hydrogens (tertiary/aromatic N) is 2. The van der Waals surface area contributed by atoms with Gasteiger partial charge in [0.1, 0.15) is 11.6 Å². The average Bonchev–Trinajstić information content (AvgIpc) is 2.38. The average molecular weight is 266 g/mol. The number of nitro groups is 1. The highest BCUT2D eigenvalue weighted by Crippen LogP contribution is 2.25. The molecule has 2 N–H and O–H groups in total. The molecule has 0 bridgehead atoms. The van der Waals surface area contributed by atoms with Crippen LogP contribution >= 0.6 is 0 Å². The van der Waals surface area contributed by atoms with Crippen molar-refractivity contribution in [3.05, 3.63) is 22.2 Å². The highest BCUT2D eigenvalue weighted by atomic mass is 16.6. The van der Waals surface area contributed by atoms with Gasteiger partial charge in [0.25, 0.3) is 5.69 Å². The number of anilines is 2. The van der Waals surface area contributed by atoms with Crippen LogP contribution in [0.1, 0.15) is 40.5 Å². The molecule has 1 aromatic heterocycles. The van der Waals surface area contributed by atoms with Gasteiger partial charge in [-0.25, -0.2) is 4.98 Å². The molecule has 0 amide bonds. The number of rotatable bonds is 7. The predicted molar refractivity (Wildman–Crippen MR) is 77.7 cm³/mol. The fourth-order valence-corrected chi connectivity index (χ4v) is 1.69. The van der Waals surface area contributed by atoms with Crippen LogP contribution in [0.25, 0.3) is 0 Å². The van der Waals surface area contributed by atoms with Crippen LogP contribution in [0.4, 0.5) is 17.3 Å². The van der Waals surface area contributed by atoms with Gasteiger partial charge in [0.05, 0.1) is 17.1 Å². The highest BCUT2D eigenvalue weighted by Gasteiger charge is 2.21. The Morgan fingerprint density at radius 2 is 1.84 bits per heavy atom. The van der Waals surface area contributed by atoms with Crippen LogP contribution in [-0.2, 0) is 0 Å². The van der Waals surface area contributed by atoms with E-state index in [4.69, 9.17) is 0 Å². The maximum absolute atomic E-state index is 10.9. The van der Waals surface area contributed by atoms with Crippen molar-refractivity contribution in [2.24, 2.45) is 0 Å². The Bertz CT molecular complexity index is 444. The van der Waals surface area contributed by atoms with E-state index in [1.807, 2.05) is 6.92 Å². The van der Waals surface area contributed by atoms with E-state index in [9.17, 15) is 10.1 Å². The predicted octanol–water partition coefficient (Wildman–Crippen LogP) is 3.41. The van der Waals surface area contributed by atoms with E-state index in [1.165, 1.54) is 12.1 Å². The summed E-state index contributed by atoms with van der Waals surface area (Å²) in [6.07, 6.45) is 1.84. The first-order valence-electron chi connectivity index (χ1n) is 6.62. The smallest absolute Gasteiger partial charge is 0.276 e. The minimum absolute atomic E-state index is 0.0445. The zero-order valence-corrected chi connectivity index (χ0v) is 12.0. The molecule has 0 atom stereocenters. The van der Waals surface area contributed by atoms with E-state index in [2.05, 4.69) is 36.4 Å². The number of hydrogen-bond donors (Lipinski definition) is 2. The molecular formula is C13H22N4O2. The molecule has 1 heterocycles. The zero-order valence-electron chi connectivity index (χ0n) is 12.0. The molecule has 1 aromatic rings. The molecular weight excluding hydrogens is 244 g/mol. The van der Waals surface area contributed by atoms with Crippen molar-refractivity contribution < 1.29 is 4.92 Å². The van der Waals surface area contributed by atoms with Crippen molar-refractivity contribution >= 4 is 17.3 Å². The summed E-state index contributed by atoms with van der Waals surface area (Å²) in [6, 6.07) is 2.92. The van der Waals surface area contributed by atoms with Gasteiger partial charge in [0, 0.05) is 12.1 Å². The highest BCUT2D eigenvalue weighted by molar-refractivity contribution is 5.55. The van der Waals surface area contributed by atoms with E-state index in [1.54, 1.807) is 0 Å². The lowest BCUT2D eigenvalue weighted by Crippen LogP contribution is -2.33. The molecule has 1 rings (SSSR count). The monoisotopic (exact) mass is 266 g/mol. The standard InChI is InChI=1S/C13H22N4O2/c1-5-13(4,6-2)16-12-9-10(17(18)19)8-11(15-12)14-7-3/h8-9H,5-7H2,1-4H3,(H2,14,15,16). The van der Waals surface area contributed by atoms with Crippen LogP contribution in [0.3, 0.4) is 0 Å². The summed E-state index contributed by atoms with van der Waals surface area (Å²) in [5.74, 6) is 1.06. The normalized spacial score (nSPS) is 11.2. The van der Waals surface area contributed by atoms with Gasteiger partial charge in [0.15, 0.2) is 0 Å². The van der Waals surface area contributed by atoms with Crippen LogP contribution in [0, 0.1) is 10.1 Å². The Balaban J connectivity index is 3.08. The molecule has 6 heteroatoms. The number of pyridine rings is 1. The Morgan fingerprint density at radius 3 is 2.32 bits per heavy atom. The minimum Gasteiger partial charge on any atom is -0.370 e. The lowest BCUT2D eigenvalue weighted by atomic mass is 9.95. The summed E-state index contributed by atoms with van der Waals surface area (Å²) < 4.78 is 0. The summed E-state index contributed by atoms with van der Waals surface area (Å²) in [6.45, 7) is 8.85. The molecule has 106 valence electrons. The Labute approximate surface area is 113 Å². The van der Waals surface area contributed by atoms with Gasteiger partial charge in [-0.05, 0) is 26.7 Å². The molecule has 0 aliphatic heterocycles. The summed E-state index contributed by atoms with van der Waals surface area (Å²) in [5, 5.41) is 17.2. The quantitative estimate of drug-likeness (QED) is 0.584. The first-order valence-corrected chi connectivity index (χ1v) is 6.62. The molecule has 0 radical (unpaired) electrons. The third kappa shape index (κ3) is 4.08. The summed E-state index contributed by atoms with van der Waals surface area (Å²) in [4.78, 5) is 14.9. The van der Waals surface area contributed by atoms with Gasteiger partial charge >= 0.3 is 0 Å². The SMILES string of the molecule is CCNc1cc([N+](=O)[O-])cc(NC(C)(CC)CC)n1. The molecule has 0 aliphatic rings. The minimum atomic E-state index is -0.400. The molecule has 0 unspecified atom stereocenters. The van der Waals surface area contributed by atoms with E-state index in [-0.39, 0.29) is 11.2 Å². The van der Waals surface area contributed by atoms with Gasteiger partial charge in [0.2, 0.25) is 0 Å². The van der Waals surface area contributed by atoms with Gasteiger partial charge in [-0.1, -0.05) is 13.8 Å². The topological polar surface area (TPSA) is 80.1 Å². The van der Waals surface area contributed by atoms with Gasteiger partial charge in [-0.15, -0.1) is 0 Å². The maximum Gasteiger partial charge on any atom is 0.276 e. The van der Waals surface area contributed by atoms with E-state index < -0.39 is 4.92 Å². The van der Waals surface area contributed by atoms with Crippen molar-refractivity contribution in [2.45, 2.75) is 46.1 Å². The van der Waals surface area contributed by atoms with E-state index >= 15 is 0 Å². The molecule has 0 saturated carbocycles. The Kier molecular flexibility index (Phi) is 5.09.